The van der Waals surface area contributed by atoms with E-state index in [9.17, 15) is 0 Å². The van der Waals surface area contributed by atoms with Crippen LogP contribution in [0.5, 0.6) is 0 Å². The molecule has 2 heterocycles. The van der Waals surface area contributed by atoms with Gasteiger partial charge in [0.1, 0.15) is 0 Å². The highest BCUT2D eigenvalue weighted by Gasteiger charge is 1.99. The zero-order valence-corrected chi connectivity index (χ0v) is 12.0. The quantitative estimate of drug-likeness (QED) is 0.780. The van der Waals surface area contributed by atoms with E-state index in [0.29, 0.717) is 0 Å². The monoisotopic (exact) mass is 278 g/mol. The van der Waals surface area contributed by atoms with E-state index in [0.717, 1.165) is 18.8 Å². The summed E-state index contributed by atoms with van der Waals surface area (Å²) in [5, 5.41) is 3.45. The highest BCUT2D eigenvalue weighted by atomic mass is 15.0. The lowest BCUT2D eigenvalue weighted by molar-refractivity contribution is 0.688. The molecule has 0 bridgehead atoms. The number of aryl methyl sites for hydroxylation is 1. The molecule has 3 aromatic rings. The lowest BCUT2D eigenvalue weighted by Gasteiger charge is -2.08. The summed E-state index contributed by atoms with van der Waals surface area (Å²) in [6.07, 6.45) is 9.28. The number of nitrogens with one attached hydrogen (secondary N) is 1. The number of rotatable bonds is 5. The van der Waals surface area contributed by atoms with Gasteiger partial charge in [0.25, 0.3) is 0 Å². The van der Waals surface area contributed by atoms with Crippen LogP contribution < -0.4 is 5.32 Å². The summed E-state index contributed by atoms with van der Waals surface area (Å²) in [5.41, 5.74) is 4.90. The molecule has 0 aliphatic rings. The van der Waals surface area contributed by atoms with Crippen LogP contribution in [-0.4, -0.2) is 14.5 Å². The molecule has 1 aromatic carbocycles. The molecule has 0 spiro atoms. The fraction of sp³-hybridized carbons (Fsp3) is 0.176. The minimum absolute atomic E-state index is 0.836. The smallest absolute Gasteiger partial charge is 0.0991 e. The van der Waals surface area contributed by atoms with E-state index in [1.807, 2.05) is 29.2 Å². The number of aromatic nitrogens is 3. The van der Waals surface area contributed by atoms with Crippen LogP contribution in [0.1, 0.15) is 16.7 Å². The Hall–Kier alpha value is -2.46. The lowest BCUT2D eigenvalue weighted by Crippen LogP contribution is -2.13. The molecule has 0 amide bonds. The van der Waals surface area contributed by atoms with Crippen LogP contribution in [0.15, 0.2) is 61.4 Å². The topological polar surface area (TPSA) is 42.7 Å². The van der Waals surface area contributed by atoms with Crippen molar-refractivity contribution in [3.05, 3.63) is 78.1 Å². The predicted octanol–water partition coefficient (Wildman–Crippen LogP) is 2.87. The van der Waals surface area contributed by atoms with Gasteiger partial charge in [-0.1, -0.05) is 12.1 Å². The van der Waals surface area contributed by atoms with Crippen molar-refractivity contribution in [1.82, 2.24) is 19.9 Å². The van der Waals surface area contributed by atoms with E-state index in [-0.39, 0.29) is 0 Å². The van der Waals surface area contributed by atoms with Crippen molar-refractivity contribution < 1.29 is 0 Å². The summed E-state index contributed by atoms with van der Waals surface area (Å²) < 4.78 is 2.00. The molecular weight excluding hydrogens is 260 g/mol. The number of pyridine rings is 1. The third kappa shape index (κ3) is 3.35. The van der Waals surface area contributed by atoms with E-state index in [2.05, 4.69) is 46.5 Å². The second-order valence-electron chi connectivity index (χ2n) is 5.04. The van der Waals surface area contributed by atoms with Gasteiger partial charge in [-0.25, -0.2) is 4.98 Å². The molecule has 106 valence electrons. The third-order valence-electron chi connectivity index (χ3n) is 3.53. The average Bonchev–Trinajstić information content (AvgIpc) is 3.04. The Bertz CT molecular complexity index is 687. The molecule has 0 unspecified atom stereocenters. The summed E-state index contributed by atoms with van der Waals surface area (Å²) >= 11 is 0. The Labute approximate surface area is 124 Å². The van der Waals surface area contributed by atoms with Crippen molar-refractivity contribution in [2.75, 3.05) is 0 Å². The normalized spacial score (nSPS) is 10.7. The average molecular weight is 278 g/mol. The number of nitrogens with zero attached hydrogens (tertiary/aromatic N) is 3. The second-order valence-corrected chi connectivity index (χ2v) is 5.04. The van der Waals surface area contributed by atoms with Crippen LogP contribution in [0.2, 0.25) is 0 Å². The Morgan fingerprint density at radius 3 is 2.57 bits per heavy atom. The third-order valence-corrected chi connectivity index (χ3v) is 3.53. The summed E-state index contributed by atoms with van der Waals surface area (Å²) in [5.74, 6) is 0. The van der Waals surface area contributed by atoms with Gasteiger partial charge < -0.3 is 9.88 Å². The van der Waals surface area contributed by atoms with E-state index in [1.54, 1.807) is 12.5 Å². The minimum Gasteiger partial charge on any atom is -0.309 e. The van der Waals surface area contributed by atoms with Gasteiger partial charge in [-0.05, 0) is 41.8 Å². The van der Waals surface area contributed by atoms with Crippen molar-refractivity contribution in [2.24, 2.45) is 0 Å². The van der Waals surface area contributed by atoms with Crippen molar-refractivity contribution >= 4 is 0 Å². The van der Waals surface area contributed by atoms with Crippen molar-refractivity contribution in [3.63, 3.8) is 0 Å². The zero-order chi connectivity index (χ0) is 14.5. The largest absolute Gasteiger partial charge is 0.309 e. The Morgan fingerprint density at radius 2 is 1.86 bits per heavy atom. The molecule has 1 N–H and O–H groups in total. The van der Waals surface area contributed by atoms with Crippen LogP contribution in [0.3, 0.4) is 0 Å². The predicted molar refractivity (Wildman–Crippen MR) is 83.1 cm³/mol. The summed E-state index contributed by atoms with van der Waals surface area (Å²) in [6.45, 7) is 3.79. The molecule has 0 radical (unpaired) electrons. The van der Waals surface area contributed by atoms with Crippen molar-refractivity contribution in [3.8, 4) is 5.69 Å². The summed E-state index contributed by atoms with van der Waals surface area (Å²) in [6, 6.07) is 10.5. The maximum Gasteiger partial charge on any atom is 0.0991 e. The lowest BCUT2D eigenvalue weighted by atomic mass is 10.1. The van der Waals surface area contributed by atoms with Crippen LogP contribution in [-0.2, 0) is 13.1 Å². The highest BCUT2D eigenvalue weighted by Crippen LogP contribution is 2.10. The molecule has 4 nitrogen and oxygen atoms in total. The van der Waals surface area contributed by atoms with E-state index in [4.69, 9.17) is 0 Å². The first-order chi connectivity index (χ1) is 10.3. The number of imidazole rings is 1. The molecule has 0 atom stereocenters. The summed E-state index contributed by atoms with van der Waals surface area (Å²) in [4.78, 5) is 8.22. The van der Waals surface area contributed by atoms with E-state index < -0.39 is 0 Å². The molecule has 0 aliphatic carbocycles. The van der Waals surface area contributed by atoms with Gasteiger partial charge in [0, 0.05) is 43.6 Å². The molecule has 3 rings (SSSR count). The fourth-order valence-electron chi connectivity index (χ4n) is 2.22. The summed E-state index contributed by atoms with van der Waals surface area (Å²) in [7, 11) is 0. The van der Waals surface area contributed by atoms with Gasteiger partial charge in [0.15, 0.2) is 0 Å². The zero-order valence-electron chi connectivity index (χ0n) is 12.0. The molecular formula is C17H18N4. The van der Waals surface area contributed by atoms with Gasteiger partial charge in [-0.15, -0.1) is 0 Å². The number of hydrogen-bond acceptors (Lipinski definition) is 3. The SMILES string of the molecule is Cc1ccncc1CNCc1ccc(-n2ccnc2)cc1. The van der Waals surface area contributed by atoms with E-state index in [1.165, 1.54) is 16.7 Å². The molecule has 4 heteroatoms. The Kier molecular flexibility index (Phi) is 4.07. The van der Waals surface area contributed by atoms with Gasteiger partial charge in [0.05, 0.1) is 6.33 Å². The van der Waals surface area contributed by atoms with Crippen molar-refractivity contribution in [1.29, 1.82) is 0 Å². The Balaban J connectivity index is 1.58. The van der Waals surface area contributed by atoms with E-state index >= 15 is 0 Å². The fourth-order valence-corrected chi connectivity index (χ4v) is 2.22. The maximum atomic E-state index is 4.16. The first-order valence-corrected chi connectivity index (χ1v) is 7.00. The van der Waals surface area contributed by atoms with Crippen LogP contribution in [0.4, 0.5) is 0 Å². The molecule has 0 fully saturated rings. The maximum absolute atomic E-state index is 4.16. The van der Waals surface area contributed by atoms with Crippen molar-refractivity contribution in [2.45, 2.75) is 20.0 Å². The van der Waals surface area contributed by atoms with Gasteiger partial charge >= 0.3 is 0 Å². The molecule has 0 saturated heterocycles. The van der Waals surface area contributed by atoms with Crippen LogP contribution in [0, 0.1) is 6.92 Å². The first-order valence-electron chi connectivity index (χ1n) is 7.00. The van der Waals surface area contributed by atoms with Crippen LogP contribution in [0.25, 0.3) is 5.69 Å². The Morgan fingerprint density at radius 1 is 1.00 bits per heavy atom. The second kappa shape index (κ2) is 6.33. The first kappa shape index (κ1) is 13.5. The standard InChI is InChI=1S/C17H18N4/c1-14-6-7-18-11-16(14)12-20-10-15-2-4-17(5-3-15)21-9-8-19-13-21/h2-9,11,13,20H,10,12H2,1H3. The highest BCUT2D eigenvalue weighted by molar-refractivity contribution is 5.34. The molecule has 0 aliphatic heterocycles. The number of hydrogen-bond donors (Lipinski definition) is 1. The van der Waals surface area contributed by atoms with Gasteiger partial charge in [-0.3, -0.25) is 4.98 Å². The molecule has 2 aromatic heterocycles. The number of benzene rings is 1. The van der Waals surface area contributed by atoms with Crippen LogP contribution >= 0.6 is 0 Å². The minimum atomic E-state index is 0.836. The van der Waals surface area contributed by atoms with Gasteiger partial charge in [-0.2, -0.15) is 0 Å². The molecule has 21 heavy (non-hydrogen) atoms. The van der Waals surface area contributed by atoms with Gasteiger partial charge in [0.2, 0.25) is 0 Å². The molecule has 0 saturated carbocycles.